The first kappa shape index (κ1) is 16.2. The Morgan fingerprint density at radius 3 is 2.39 bits per heavy atom. The van der Waals surface area contributed by atoms with Crippen LogP contribution in [0.4, 0.5) is 5.82 Å². The second-order valence-corrected chi connectivity index (χ2v) is 6.43. The molecule has 0 N–H and O–H groups in total. The van der Waals surface area contributed by atoms with E-state index >= 15 is 0 Å². The zero-order valence-electron chi connectivity index (χ0n) is 14.3. The van der Waals surface area contributed by atoms with Gasteiger partial charge in [0.2, 0.25) is 0 Å². The van der Waals surface area contributed by atoms with E-state index in [2.05, 4.69) is 26.7 Å². The summed E-state index contributed by atoms with van der Waals surface area (Å²) in [5, 5.41) is 0. The van der Waals surface area contributed by atoms with Crippen molar-refractivity contribution in [1.29, 1.82) is 0 Å². The molecule has 126 valence electrons. The first-order chi connectivity index (χ1) is 11.2. The molecule has 0 aliphatic carbocycles. The third-order valence-electron chi connectivity index (χ3n) is 4.83. The molecular formula is C17H27N5O. The third-order valence-corrected chi connectivity index (χ3v) is 4.83. The van der Waals surface area contributed by atoms with Crippen LogP contribution in [-0.4, -0.2) is 71.5 Å². The Labute approximate surface area is 138 Å². The lowest BCUT2D eigenvalue weighted by molar-refractivity contribution is 0.0718. The molecule has 0 unspecified atom stereocenters. The summed E-state index contributed by atoms with van der Waals surface area (Å²) in [6, 6.07) is 1.88. The molecule has 6 heteroatoms. The zero-order chi connectivity index (χ0) is 16.2. The molecular weight excluding hydrogens is 290 g/mol. The Kier molecular flexibility index (Phi) is 5.10. The zero-order valence-corrected chi connectivity index (χ0v) is 14.3. The Morgan fingerprint density at radius 1 is 1.04 bits per heavy atom. The number of nitrogens with zero attached hydrogens (tertiary/aromatic N) is 5. The molecule has 3 heterocycles. The van der Waals surface area contributed by atoms with E-state index in [-0.39, 0.29) is 5.91 Å². The van der Waals surface area contributed by atoms with Crippen LogP contribution in [-0.2, 0) is 0 Å². The third kappa shape index (κ3) is 3.80. The van der Waals surface area contributed by atoms with Crippen molar-refractivity contribution in [3.63, 3.8) is 0 Å². The van der Waals surface area contributed by atoms with E-state index in [0.717, 1.165) is 64.5 Å². The summed E-state index contributed by atoms with van der Waals surface area (Å²) in [6.45, 7) is 10.9. The van der Waals surface area contributed by atoms with Crippen LogP contribution in [0.2, 0.25) is 0 Å². The highest BCUT2D eigenvalue weighted by Gasteiger charge is 2.23. The van der Waals surface area contributed by atoms with Gasteiger partial charge in [-0.05, 0) is 32.7 Å². The number of rotatable bonds is 3. The van der Waals surface area contributed by atoms with E-state index in [9.17, 15) is 4.79 Å². The average molecular weight is 317 g/mol. The van der Waals surface area contributed by atoms with Crippen molar-refractivity contribution < 1.29 is 4.79 Å². The van der Waals surface area contributed by atoms with Crippen LogP contribution in [0.5, 0.6) is 0 Å². The molecule has 0 saturated carbocycles. The van der Waals surface area contributed by atoms with E-state index < -0.39 is 0 Å². The van der Waals surface area contributed by atoms with E-state index in [0.29, 0.717) is 11.5 Å². The number of hydrogen-bond acceptors (Lipinski definition) is 5. The van der Waals surface area contributed by atoms with Gasteiger partial charge < -0.3 is 14.7 Å². The monoisotopic (exact) mass is 317 g/mol. The van der Waals surface area contributed by atoms with Crippen LogP contribution in [0, 0.1) is 6.92 Å². The van der Waals surface area contributed by atoms with Gasteiger partial charge in [-0.15, -0.1) is 0 Å². The van der Waals surface area contributed by atoms with Crippen molar-refractivity contribution in [2.24, 2.45) is 0 Å². The number of piperazine rings is 1. The number of aromatic nitrogens is 2. The molecule has 2 saturated heterocycles. The largest absolute Gasteiger partial charge is 0.354 e. The molecule has 1 aromatic heterocycles. The number of likely N-dealkylation sites (N-methyl/N-ethyl adjacent to an activating group) is 1. The number of aryl methyl sites for hydroxylation is 1. The molecule has 2 fully saturated rings. The van der Waals surface area contributed by atoms with Crippen molar-refractivity contribution >= 4 is 11.7 Å². The molecule has 3 rings (SSSR count). The van der Waals surface area contributed by atoms with E-state index in [1.165, 1.54) is 6.42 Å². The highest BCUT2D eigenvalue weighted by molar-refractivity contribution is 5.93. The van der Waals surface area contributed by atoms with E-state index in [1.54, 1.807) is 0 Å². The molecule has 0 bridgehead atoms. The lowest BCUT2D eigenvalue weighted by atomic mass is 10.1. The summed E-state index contributed by atoms with van der Waals surface area (Å²) in [6.07, 6.45) is 3.42. The Balaban J connectivity index is 1.75. The van der Waals surface area contributed by atoms with Gasteiger partial charge in [0, 0.05) is 45.3 Å². The predicted octanol–water partition coefficient (Wildman–Crippen LogP) is 1.55. The van der Waals surface area contributed by atoms with E-state index in [4.69, 9.17) is 0 Å². The van der Waals surface area contributed by atoms with Crippen LogP contribution in [0.15, 0.2) is 6.07 Å². The number of hydrogen-bond donors (Lipinski definition) is 0. The second kappa shape index (κ2) is 7.25. The van der Waals surface area contributed by atoms with Gasteiger partial charge in [0.25, 0.3) is 5.91 Å². The van der Waals surface area contributed by atoms with Gasteiger partial charge in [0.1, 0.15) is 17.3 Å². The molecule has 0 spiro atoms. The van der Waals surface area contributed by atoms with E-state index in [1.807, 2.05) is 17.9 Å². The molecule has 1 aromatic rings. The minimum absolute atomic E-state index is 0.0589. The van der Waals surface area contributed by atoms with Gasteiger partial charge in [-0.3, -0.25) is 4.79 Å². The highest BCUT2D eigenvalue weighted by Crippen LogP contribution is 2.18. The maximum atomic E-state index is 12.7. The fourth-order valence-corrected chi connectivity index (χ4v) is 3.38. The first-order valence-electron chi connectivity index (χ1n) is 8.79. The minimum Gasteiger partial charge on any atom is -0.354 e. The molecule has 0 radical (unpaired) electrons. The van der Waals surface area contributed by atoms with Gasteiger partial charge >= 0.3 is 0 Å². The van der Waals surface area contributed by atoms with Crippen LogP contribution in [0.3, 0.4) is 0 Å². The SMILES string of the molecule is CCN1CCN(c2cc(C(=O)N3CCCCC3)nc(C)n2)CC1. The van der Waals surface area contributed by atoms with Crippen molar-refractivity contribution in [2.75, 3.05) is 50.7 Å². The van der Waals surface area contributed by atoms with Gasteiger partial charge in [0.05, 0.1) is 0 Å². The van der Waals surface area contributed by atoms with Gasteiger partial charge in [0.15, 0.2) is 0 Å². The first-order valence-corrected chi connectivity index (χ1v) is 8.79. The minimum atomic E-state index is 0.0589. The Morgan fingerprint density at radius 2 is 1.74 bits per heavy atom. The van der Waals surface area contributed by atoms with Crippen LogP contribution in [0.25, 0.3) is 0 Å². The molecule has 23 heavy (non-hydrogen) atoms. The van der Waals surface area contributed by atoms with Gasteiger partial charge in [-0.1, -0.05) is 6.92 Å². The maximum absolute atomic E-state index is 12.7. The topological polar surface area (TPSA) is 52.6 Å². The summed E-state index contributed by atoms with van der Waals surface area (Å²) in [5.74, 6) is 1.64. The second-order valence-electron chi connectivity index (χ2n) is 6.43. The summed E-state index contributed by atoms with van der Waals surface area (Å²) in [7, 11) is 0. The normalized spacial score (nSPS) is 19.9. The molecule has 0 aromatic carbocycles. The van der Waals surface area contributed by atoms with Crippen molar-refractivity contribution in [1.82, 2.24) is 19.8 Å². The number of piperidine rings is 1. The smallest absolute Gasteiger partial charge is 0.272 e. The lowest BCUT2D eigenvalue weighted by Gasteiger charge is -2.35. The summed E-state index contributed by atoms with van der Waals surface area (Å²) >= 11 is 0. The average Bonchev–Trinajstić information content (AvgIpc) is 2.61. The number of carbonyl (C=O) groups excluding carboxylic acids is 1. The quantitative estimate of drug-likeness (QED) is 0.847. The van der Waals surface area contributed by atoms with Gasteiger partial charge in [-0.2, -0.15) is 0 Å². The van der Waals surface area contributed by atoms with Crippen molar-refractivity contribution in [3.8, 4) is 0 Å². The van der Waals surface area contributed by atoms with Crippen molar-refractivity contribution in [3.05, 3.63) is 17.6 Å². The molecule has 2 aliphatic rings. The summed E-state index contributed by atoms with van der Waals surface area (Å²) < 4.78 is 0. The highest BCUT2D eigenvalue weighted by atomic mass is 16.2. The maximum Gasteiger partial charge on any atom is 0.272 e. The fourth-order valence-electron chi connectivity index (χ4n) is 3.38. The lowest BCUT2D eigenvalue weighted by Crippen LogP contribution is -2.46. The van der Waals surface area contributed by atoms with Gasteiger partial charge in [-0.25, -0.2) is 9.97 Å². The van der Waals surface area contributed by atoms with Crippen LogP contribution >= 0.6 is 0 Å². The Hall–Kier alpha value is -1.69. The molecule has 0 atom stereocenters. The number of likely N-dealkylation sites (tertiary alicyclic amines) is 1. The molecule has 2 aliphatic heterocycles. The Bertz CT molecular complexity index is 548. The fraction of sp³-hybridized carbons (Fsp3) is 0.706. The standard InChI is InChI=1S/C17H27N5O/c1-3-20-9-11-21(12-10-20)16-13-15(18-14(2)19-16)17(23)22-7-5-4-6-8-22/h13H,3-12H2,1-2H3. The summed E-state index contributed by atoms with van der Waals surface area (Å²) in [5.41, 5.74) is 0.548. The predicted molar refractivity (Wildman–Crippen MR) is 90.9 cm³/mol. The number of amides is 1. The van der Waals surface area contributed by atoms with Crippen molar-refractivity contribution in [2.45, 2.75) is 33.1 Å². The summed E-state index contributed by atoms with van der Waals surface area (Å²) in [4.78, 5) is 28.3. The molecule has 6 nitrogen and oxygen atoms in total. The number of carbonyl (C=O) groups is 1. The van der Waals surface area contributed by atoms with Crippen LogP contribution in [0.1, 0.15) is 42.5 Å². The molecule has 1 amide bonds. The van der Waals surface area contributed by atoms with Crippen LogP contribution < -0.4 is 4.90 Å². The number of anilines is 1.